The lowest BCUT2D eigenvalue weighted by Gasteiger charge is -2.22. The normalized spacial score (nSPS) is 22.5. The lowest BCUT2D eigenvalue weighted by Crippen LogP contribution is -2.28. The van der Waals surface area contributed by atoms with Gasteiger partial charge in [-0.1, -0.05) is 30.3 Å². The number of rotatable bonds is 7. The fourth-order valence-electron chi connectivity index (χ4n) is 4.11. The number of carbonyl (C=O) groups excluding carboxylic acids is 1. The van der Waals surface area contributed by atoms with E-state index in [1.165, 1.54) is 19.4 Å². The van der Waals surface area contributed by atoms with E-state index < -0.39 is 0 Å². The SMILES string of the molecule is CC1CCCN1CCCOc1ccc(N2C(=O)OC[C@H]2c2ccccc2)cc1. The molecule has 2 fully saturated rings. The van der Waals surface area contributed by atoms with Crippen LogP contribution in [0, 0.1) is 0 Å². The molecule has 0 bridgehead atoms. The molecule has 1 amide bonds. The molecule has 148 valence electrons. The van der Waals surface area contributed by atoms with E-state index >= 15 is 0 Å². The summed E-state index contributed by atoms with van der Waals surface area (Å²) >= 11 is 0. The van der Waals surface area contributed by atoms with Crippen LogP contribution in [0.1, 0.15) is 37.8 Å². The number of anilines is 1. The van der Waals surface area contributed by atoms with Gasteiger partial charge in [0.15, 0.2) is 0 Å². The summed E-state index contributed by atoms with van der Waals surface area (Å²) in [6, 6.07) is 18.3. The molecule has 2 saturated heterocycles. The zero-order valence-corrected chi connectivity index (χ0v) is 16.4. The molecule has 5 heteroatoms. The first kappa shape index (κ1) is 18.8. The minimum Gasteiger partial charge on any atom is -0.494 e. The van der Waals surface area contributed by atoms with E-state index in [-0.39, 0.29) is 12.1 Å². The van der Waals surface area contributed by atoms with Crippen LogP contribution in [0.5, 0.6) is 5.75 Å². The van der Waals surface area contributed by atoms with Gasteiger partial charge in [-0.05, 0) is 62.6 Å². The van der Waals surface area contributed by atoms with Gasteiger partial charge in [-0.2, -0.15) is 0 Å². The molecule has 0 aromatic heterocycles. The predicted molar refractivity (Wildman–Crippen MR) is 110 cm³/mol. The van der Waals surface area contributed by atoms with Gasteiger partial charge in [-0.3, -0.25) is 4.90 Å². The first-order valence-corrected chi connectivity index (χ1v) is 10.2. The third kappa shape index (κ3) is 4.14. The van der Waals surface area contributed by atoms with Crippen LogP contribution in [-0.4, -0.2) is 43.3 Å². The van der Waals surface area contributed by atoms with Crippen LogP contribution >= 0.6 is 0 Å². The van der Waals surface area contributed by atoms with Gasteiger partial charge in [-0.25, -0.2) is 4.79 Å². The van der Waals surface area contributed by atoms with Gasteiger partial charge >= 0.3 is 6.09 Å². The van der Waals surface area contributed by atoms with E-state index in [9.17, 15) is 4.79 Å². The Balaban J connectivity index is 1.34. The van der Waals surface area contributed by atoms with E-state index in [0.29, 0.717) is 19.3 Å². The van der Waals surface area contributed by atoms with Crippen molar-refractivity contribution < 1.29 is 14.3 Å². The molecule has 2 atom stereocenters. The van der Waals surface area contributed by atoms with Gasteiger partial charge < -0.3 is 14.4 Å². The Labute approximate surface area is 166 Å². The zero-order valence-electron chi connectivity index (χ0n) is 16.4. The summed E-state index contributed by atoms with van der Waals surface area (Å²) in [4.78, 5) is 16.5. The van der Waals surface area contributed by atoms with Crippen LogP contribution in [0.25, 0.3) is 0 Å². The Morgan fingerprint density at radius 1 is 1.11 bits per heavy atom. The Hall–Kier alpha value is -2.53. The number of hydrogen-bond acceptors (Lipinski definition) is 4. The Morgan fingerprint density at radius 3 is 2.61 bits per heavy atom. The van der Waals surface area contributed by atoms with Crippen molar-refractivity contribution in [2.75, 3.05) is 31.2 Å². The lowest BCUT2D eigenvalue weighted by molar-refractivity contribution is 0.179. The summed E-state index contributed by atoms with van der Waals surface area (Å²) in [6.07, 6.45) is 3.35. The highest BCUT2D eigenvalue weighted by molar-refractivity contribution is 5.90. The number of likely N-dealkylation sites (tertiary alicyclic amines) is 1. The number of cyclic esters (lactones) is 1. The standard InChI is InChI=1S/C23H28N2O3/c1-18-7-5-14-24(18)15-6-16-27-21-12-10-20(11-13-21)25-22(17-28-23(25)26)19-8-3-2-4-9-19/h2-4,8-13,18,22H,5-7,14-17H2,1H3/t18?,22-/m0/s1. The molecule has 0 spiro atoms. The molecule has 2 aromatic carbocycles. The molecule has 0 N–H and O–H groups in total. The van der Waals surface area contributed by atoms with Gasteiger partial charge in [0.05, 0.1) is 12.6 Å². The number of ether oxygens (including phenoxy) is 2. The van der Waals surface area contributed by atoms with Crippen LogP contribution in [0.15, 0.2) is 54.6 Å². The van der Waals surface area contributed by atoms with Gasteiger partial charge in [0.25, 0.3) is 0 Å². The van der Waals surface area contributed by atoms with Crippen molar-refractivity contribution in [2.45, 2.75) is 38.3 Å². The van der Waals surface area contributed by atoms with E-state index in [0.717, 1.165) is 30.0 Å². The molecule has 2 aliphatic heterocycles. The third-order valence-corrected chi connectivity index (χ3v) is 5.72. The zero-order chi connectivity index (χ0) is 19.3. The van der Waals surface area contributed by atoms with E-state index in [1.54, 1.807) is 4.90 Å². The van der Waals surface area contributed by atoms with Crippen molar-refractivity contribution in [2.24, 2.45) is 0 Å². The van der Waals surface area contributed by atoms with Crippen LogP contribution < -0.4 is 9.64 Å². The summed E-state index contributed by atoms with van der Waals surface area (Å²) in [5, 5.41) is 0. The maximum atomic E-state index is 12.3. The molecule has 0 radical (unpaired) electrons. The molecule has 1 unspecified atom stereocenters. The second-order valence-corrected chi connectivity index (χ2v) is 7.60. The third-order valence-electron chi connectivity index (χ3n) is 5.72. The van der Waals surface area contributed by atoms with Crippen molar-refractivity contribution in [3.05, 3.63) is 60.2 Å². The number of benzene rings is 2. The van der Waals surface area contributed by atoms with E-state index in [4.69, 9.17) is 9.47 Å². The lowest BCUT2D eigenvalue weighted by atomic mass is 10.1. The summed E-state index contributed by atoms with van der Waals surface area (Å²) in [5.74, 6) is 0.835. The minimum atomic E-state index is -0.303. The molecule has 2 aliphatic rings. The fraction of sp³-hybridized carbons (Fsp3) is 0.435. The molecule has 2 heterocycles. The summed E-state index contributed by atoms with van der Waals surface area (Å²) in [7, 11) is 0. The number of nitrogens with zero attached hydrogens (tertiary/aromatic N) is 2. The molecule has 28 heavy (non-hydrogen) atoms. The van der Waals surface area contributed by atoms with Crippen molar-refractivity contribution in [1.29, 1.82) is 0 Å². The number of carbonyl (C=O) groups is 1. The molecule has 4 rings (SSSR count). The average Bonchev–Trinajstić information content (AvgIpc) is 3.32. The molecular formula is C23H28N2O3. The second kappa shape index (κ2) is 8.65. The highest BCUT2D eigenvalue weighted by Crippen LogP contribution is 2.33. The number of hydrogen-bond donors (Lipinski definition) is 0. The monoisotopic (exact) mass is 380 g/mol. The van der Waals surface area contributed by atoms with Gasteiger partial charge in [-0.15, -0.1) is 0 Å². The van der Waals surface area contributed by atoms with Crippen LogP contribution in [0.4, 0.5) is 10.5 Å². The highest BCUT2D eigenvalue weighted by atomic mass is 16.6. The van der Waals surface area contributed by atoms with Crippen molar-refractivity contribution in [3.8, 4) is 5.75 Å². The van der Waals surface area contributed by atoms with E-state index in [1.807, 2.05) is 54.6 Å². The molecular weight excluding hydrogens is 352 g/mol. The summed E-state index contributed by atoms with van der Waals surface area (Å²) in [5.41, 5.74) is 1.90. The topological polar surface area (TPSA) is 42.0 Å². The molecule has 2 aromatic rings. The fourth-order valence-corrected chi connectivity index (χ4v) is 4.11. The minimum absolute atomic E-state index is 0.0945. The first-order chi connectivity index (χ1) is 13.7. The van der Waals surface area contributed by atoms with Crippen LogP contribution in [0.2, 0.25) is 0 Å². The number of amides is 1. The Kier molecular flexibility index (Phi) is 5.81. The van der Waals surface area contributed by atoms with Gasteiger partial charge in [0.1, 0.15) is 12.4 Å². The summed E-state index contributed by atoms with van der Waals surface area (Å²) in [6.45, 7) is 5.69. The van der Waals surface area contributed by atoms with Gasteiger partial charge in [0.2, 0.25) is 0 Å². The average molecular weight is 380 g/mol. The van der Waals surface area contributed by atoms with Crippen molar-refractivity contribution in [1.82, 2.24) is 4.90 Å². The quantitative estimate of drug-likeness (QED) is 0.657. The Bertz CT molecular complexity index is 778. The predicted octanol–water partition coefficient (Wildman–Crippen LogP) is 4.64. The molecule has 0 saturated carbocycles. The highest BCUT2D eigenvalue weighted by Gasteiger charge is 2.35. The van der Waals surface area contributed by atoms with E-state index in [2.05, 4.69) is 11.8 Å². The van der Waals surface area contributed by atoms with Gasteiger partial charge in [0, 0.05) is 18.3 Å². The van der Waals surface area contributed by atoms with Crippen LogP contribution in [-0.2, 0) is 4.74 Å². The van der Waals surface area contributed by atoms with Crippen LogP contribution in [0.3, 0.4) is 0 Å². The second-order valence-electron chi connectivity index (χ2n) is 7.60. The molecule has 0 aliphatic carbocycles. The first-order valence-electron chi connectivity index (χ1n) is 10.2. The molecule has 5 nitrogen and oxygen atoms in total. The summed E-state index contributed by atoms with van der Waals surface area (Å²) < 4.78 is 11.2. The Morgan fingerprint density at radius 2 is 1.89 bits per heavy atom. The largest absolute Gasteiger partial charge is 0.494 e. The van der Waals surface area contributed by atoms with Crippen molar-refractivity contribution in [3.63, 3.8) is 0 Å². The maximum Gasteiger partial charge on any atom is 0.415 e. The maximum absolute atomic E-state index is 12.3. The van der Waals surface area contributed by atoms with Crippen molar-refractivity contribution >= 4 is 11.8 Å². The smallest absolute Gasteiger partial charge is 0.415 e.